The number of hydrogen-bond acceptors (Lipinski definition) is 7. The number of nitro groups is 1. The first-order valence-electron chi connectivity index (χ1n) is 8.40. The fourth-order valence-electron chi connectivity index (χ4n) is 2.71. The highest BCUT2D eigenvalue weighted by molar-refractivity contribution is 7.99. The van der Waals surface area contributed by atoms with Gasteiger partial charge in [-0.1, -0.05) is 48.5 Å². The normalized spacial score (nSPS) is 10.8. The van der Waals surface area contributed by atoms with Crippen molar-refractivity contribution >= 4 is 17.4 Å². The zero-order valence-electron chi connectivity index (χ0n) is 14.8. The maximum Gasteiger partial charge on any atom is 0.295 e. The van der Waals surface area contributed by atoms with Gasteiger partial charge in [0.05, 0.1) is 4.92 Å². The van der Waals surface area contributed by atoms with Crippen LogP contribution < -0.4 is 0 Å². The van der Waals surface area contributed by atoms with Crippen molar-refractivity contribution in [3.05, 3.63) is 82.4 Å². The van der Waals surface area contributed by atoms with Gasteiger partial charge in [0, 0.05) is 17.2 Å². The molecule has 4 rings (SSSR count). The second-order valence-electron chi connectivity index (χ2n) is 5.93. The number of pyridine rings is 1. The van der Waals surface area contributed by atoms with Gasteiger partial charge in [0.2, 0.25) is 5.89 Å². The molecule has 0 saturated carbocycles. The molecular weight excluding hydrogens is 376 g/mol. The monoisotopic (exact) mass is 390 g/mol. The topological polar surface area (TPSA) is 95.0 Å². The van der Waals surface area contributed by atoms with E-state index in [1.54, 1.807) is 18.2 Å². The second kappa shape index (κ2) is 7.61. The molecule has 138 valence electrons. The molecule has 28 heavy (non-hydrogen) atoms. The molecule has 0 fully saturated rings. The summed E-state index contributed by atoms with van der Waals surface area (Å²) in [6.45, 7) is 1.97. The summed E-state index contributed by atoms with van der Waals surface area (Å²) in [6.07, 6.45) is 0. The van der Waals surface area contributed by atoms with Crippen LogP contribution >= 0.6 is 11.8 Å². The van der Waals surface area contributed by atoms with Crippen LogP contribution in [0.3, 0.4) is 0 Å². The lowest BCUT2D eigenvalue weighted by Gasteiger charge is -2.04. The predicted molar refractivity (Wildman–Crippen MR) is 105 cm³/mol. The van der Waals surface area contributed by atoms with Crippen LogP contribution in [0.25, 0.3) is 22.7 Å². The first kappa shape index (κ1) is 17.9. The van der Waals surface area contributed by atoms with E-state index < -0.39 is 4.92 Å². The van der Waals surface area contributed by atoms with Crippen LogP contribution in [-0.2, 0) is 0 Å². The van der Waals surface area contributed by atoms with Gasteiger partial charge in [-0.25, -0.2) is 4.98 Å². The first-order chi connectivity index (χ1) is 13.6. The number of hydrogen-bond donors (Lipinski definition) is 0. The van der Waals surface area contributed by atoms with E-state index in [2.05, 4.69) is 15.2 Å². The van der Waals surface area contributed by atoms with Crippen molar-refractivity contribution in [3.8, 4) is 22.7 Å². The van der Waals surface area contributed by atoms with Crippen LogP contribution in [0.15, 0.2) is 81.4 Å². The molecule has 8 heteroatoms. The Morgan fingerprint density at radius 2 is 1.71 bits per heavy atom. The minimum absolute atomic E-state index is 0.0540. The second-order valence-corrected chi connectivity index (χ2v) is 6.90. The van der Waals surface area contributed by atoms with E-state index in [1.165, 1.54) is 6.07 Å². The summed E-state index contributed by atoms with van der Waals surface area (Å²) in [5.74, 6) is 0.422. The fourth-order valence-corrected chi connectivity index (χ4v) is 3.36. The third-order valence-electron chi connectivity index (χ3n) is 4.07. The Hall–Kier alpha value is -3.52. The van der Waals surface area contributed by atoms with Crippen LogP contribution in [0, 0.1) is 17.0 Å². The molecule has 0 radical (unpaired) electrons. The number of nitrogens with zero attached hydrogens (tertiary/aromatic N) is 4. The van der Waals surface area contributed by atoms with Crippen molar-refractivity contribution < 1.29 is 9.34 Å². The lowest BCUT2D eigenvalue weighted by atomic mass is 10.1. The SMILES string of the molecule is Cc1ccccc1-c1nnc(Sc2ccc([N+](=O)[O-])c(-c3ccccc3)n2)o1. The van der Waals surface area contributed by atoms with Gasteiger partial charge in [-0.05, 0) is 36.4 Å². The van der Waals surface area contributed by atoms with Crippen LogP contribution in [0.5, 0.6) is 0 Å². The van der Waals surface area contributed by atoms with Gasteiger partial charge in [-0.3, -0.25) is 10.1 Å². The Morgan fingerprint density at radius 3 is 2.46 bits per heavy atom. The fraction of sp³-hybridized carbons (Fsp3) is 0.0500. The number of aromatic nitrogens is 3. The number of aryl methyl sites for hydroxylation is 1. The third-order valence-corrected chi connectivity index (χ3v) is 4.84. The average molecular weight is 390 g/mol. The molecule has 0 saturated heterocycles. The molecule has 0 amide bonds. The predicted octanol–water partition coefficient (Wildman–Crippen LogP) is 5.17. The maximum absolute atomic E-state index is 11.4. The largest absolute Gasteiger partial charge is 0.411 e. The lowest BCUT2D eigenvalue weighted by molar-refractivity contribution is -0.384. The van der Waals surface area contributed by atoms with Crippen molar-refractivity contribution in [2.45, 2.75) is 17.2 Å². The molecule has 0 aliphatic rings. The van der Waals surface area contributed by atoms with E-state index in [-0.39, 0.29) is 5.69 Å². The van der Waals surface area contributed by atoms with Crippen molar-refractivity contribution in [2.24, 2.45) is 0 Å². The molecule has 2 aromatic heterocycles. The van der Waals surface area contributed by atoms with Crippen LogP contribution in [0.4, 0.5) is 5.69 Å². The average Bonchev–Trinajstić information content (AvgIpc) is 3.17. The van der Waals surface area contributed by atoms with Gasteiger partial charge in [0.1, 0.15) is 10.7 Å². The smallest absolute Gasteiger partial charge is 0.295 e. The van der Waals surface area contributed by atoms with Gasteiger partial charge in [-0.15, -0.1) is 10.2 Å². The molecule has 0 spiro atoms. The zero-order valence-corrected chi connectivity index (χ0v) is 15.6. The molecule has 0 atom stereocenters. The highest BCUT2D eigenvalue weighted by Gasteiger charge is 2.19. The molecule has 0 unspecified atom stereocenters. The number of rotatable bonds is 5. The summed E-state index contributed by atoms with van der Waals surface area (Å²) in [7, 11) is 0. The quantitative estimate of drug-likeness (QED) is 0.343. The molecule has 4 aromatic rings. The Bertz CT molecular complexity index is 1150. The number of benzene rings is 2. The molecule has 0 bridgehead atoms. The van der Waals surface area contributed by atoms with E-state index >= 15 is 0 Å². The lowest BCUT2D eigenvalue weighted by Crippen LogP contribution is -1.95. The highest BCUT2D eigenvalue weighted by atomic mass is 32.2. The van der Waals surface area contributed by atoms with Gasteiger partial charge in [0.15, 0.2) is 0 Å². The molecule has 7 nitrogen and oxygen atoms in total. The molecule has 2 aromatic carbocycles. The molecule has 0 aliphatic carbocycles. The van der Waals surface area contributed by atoms with Gasteiger partial charge in [0.25, 0.3) is 10.9 Å². The van der Waals surface area contributed by atoms with Gasteiger partial charge < -0.3 is 4.42 Å². The maximum atomic E-state index is 11.4. The van der Waals surface area contributed by atoms with Crippen molar-refractivity contribution in [3.63, 3.8) is 0 Å². The van der Waals surface area contributed by atoms with Crippen molar-refractivity contribution in [1.29, 1.82) is 0 Å². The van der Waals surface area contributed by atoms with Crippen LogP contribution in [-0.4, -0.2) is 20.1 Å². The third kappa shape index (κ3) is 3.63. The van der Waals surface area contributed by atoms with Crippen LogP contribution in [0.2, 0.25) is 0 Å². The Morgan fingerprint density at radius 1 is 0.964 bits per heavy atom. The Labute approximate surface area is 164 Å². The molecule has 2 heterocycles. The van der Waals surface area contributed by atoms with Gasteiger partial charge in [-0.2, -0.15) is 0 Å². The summed E-state index contributed by atoms with van der Waals surface area (Å²) < 4.78 is 5.74. The highest BCUT2D eigenvalue weighted by Crippen LogP contribution is 2.34. The molecular formula is C20H14N4O3S. The van der Waals surface area contributed by atoms with E-state index in [9.17, 15) is 10.1 Å². The van der Waals surface area contributed by atoms with Gasteiger partial charge >= 0.3 is 0 Å². The van der Waals surface area contributed by atoms with E-state index in [1.807, 2.05) is 49.4 Å². The molecule has 0 aliphatic heterocycles. The van der Waals surface area contributed by atoms with Crippen molar-refractivity contribution in [2.75, 3.05) is 0 Å². The first-order valence-corrected chi connectivity index (χ1v) is 9.21. The minimum atomic E-state index is -0.438. The summed E-state index contributed by atoms with van der Waals surface area (Å²) in [4.78, 5) is 15.4. The summed E-state index contributed by atoms with van der Waals surface area (Å²) in [5.41, 5.74) is 2.81. The van der Waals surface area contributed by atoms with E-state index in [0.717, 1.165) is 22.9 Å². The summed E-state index contributed by atoms with van der Waals surface area (Å²) in [6, 6.07) is 19.8. The van der Waals surface area contributed by atoms with Crippen molar-refractivity contribution in [1.82, 2.24) is 15.2 Å². The summed E-state index contributed by atoms with van der Waals surface area (Å²) in [5, 5.41) is 20.4. The Balaban J connectivity index is 1.66. The Kier molecular flexibility index (Phi) is 4.86. The zero-order chi connectivity index (χ0) is 19.5. The molecule has 0 N–H and O–H groups in total. The van der Waals surface area contributed by atoms with E-state index in [4.69, 9.17) is 4.42 Å². The van der Waals surface area contributed by atoms with E-state index in [0.29, 0.717) is 27.4 Å². The summed E-state index contributed by atoms with van der Waals surface area (Å²) >= 11 is 1.16. The minimum Gasteiger partial charge on any atom is -0.411 e. The standard InChI is InChI=1S/C20H14N4O3S/c1-13-7-5-6-10-15(13)19-22-23-20(27-19)28-17-12-11-16(24(25)26)18(21-17)14-8-3-2-4-9-14/h2-12H,1H3. The van der Waals surface area contributed by atoms with Crippen LogP contribution in [0.1, 0.15) is 5.56 Å².